The quantitative estimate of drug-likeness (QED) is 0.320. The Labute approximate surface area is 59.2 Å². The number of carbonyl (C=O) groups is 1. The molecule has 0 bridgehead atoms. The number of thiol groups is 1. The Morgan fingerprint density at radius 2 is 2.33 bits per heavy atom. The molecule has 9 heavy (non-hydrogen) atoms. The Hall–Kier alpha value is -0.510. The third kappa shape index (κ3) is 5.36. The highest BCUT2D eigenvalue weighted by Gasteiger charge is 1.90. The van der Waals surface area contributed by atoms with Gasteiger partial charge in [0, 0.05) is 0 Å². The van der Waals surface area contributed by atoms with E-state index in [1.54, 1.807) is 6.29 Å². The molecule has 0 heterocycles. The topological polar surface area (TPSA) is 46.2 Å². The van der Waals surface area contributed by atoms with Gasteiger partial charge >= 0.3 is 0 Å². The van der Waals surface area contributed by atoms with Gasteiger partial charge in [-0.3, -0.25) is 11.1 Å². The van der Waals surface area contributed by atoms with Crippen molar-refractivity contribution in [3.05, 3.63) is 0 Å². The van der Waals surface area contributed by atoms with Crippen LogP contribution in [0.3, 0.4) is 0 Å². The second kappa shape index (κ2) is 5.62. The first-order valence-corrected chi connectivity index (χ1v) is 3.17. The van der Waals surface area contributed by atoms with Gasteiger partial charge in [-0.15, -0.1) is 6.42 Å². The average Bonchev–Trinajstić information content (AvgIpc) is 1.89. The van der Waals surface area contributed by atoms with E-state index >= 15 is 0 Å². The molecule has 52 valence electrons. The molecule has 0 aliphatic carbocycles. The summed E-state index contributed by atoms with van der Waals surface area (Å²) in [5.74, 6) is 0.00681. The summed E-state index contributed by atoms with van der Waals surface area (Å²) in [5, 5.41) is 2.46. The fourth-order valence-electron chi connectivity index (χ4n) is 0.309. The molecule has 0 aliphatic heterocycles. The van der Waals surface area contributed by atoms with E-state index in [1.807, 2.05) is 0 Å². The van der Waals surface area contributed by atoms with E-state index in [2.05, 4.69) is 17.9 Å². The van der Waals surface area contributed by atoms with E-state index in [9.17, 15) is 9.59 Å². The van der Waals surface area contributed by atoms with Crippen molar-refractivity contribution in [2.45, 2.75) is 6.42 Å². The molecule has 0 aromatic rings. The highest BCUT2D eigenvalue weighted by molar-refractivity contribution is 7.81. The lowest BCUT2D eigenvalue weighted by atomic mass is 10.4. The first-order valence-electron chi connectivity index (χ1n) is 2.54. The summed E-state index contributed by atoms with van der Waals surface area (Å²) in [4.78, 5) is 19.9. The zero-order valence-electron chi connectivity index (χ0n) is 4.89. The van der Waals surface area contributed by atoms with Gasteiger partial charge in [-0.2, -0.15) is 12.6 Å². The zero-order chi connectivity index (χ0) is 7.11. The van der Waals surface area contributed by atoms with Gasteiger partial charge in [-0.05, 0) is 6.54 Å². The summed E-state index contributed by atoms with van der Waals surface area (Å²) >= 11 is 3.71. The van der Waals surface area contributed by atoms with Crippen molar-refractivity contribution in [1.82, 2.24) is 5.32 Å². The van der Waals surface area contributed by atoms with Crippen molar-refractivity contribution in [3.63, 3.8) is 0 Å². The van der Waals surface area contributed by atoms with Crippen LogP contribution in [0, 0.1) is 0 Å². The molecule has 0 aromatic heterocycles. The maximum atomic E-state index is 10.4. The largest absolute Gasteiger partial charge is 0.542 e. The predicted octanol–water partition coefficient (Wildman–Crippen LogP) is -0.468. The summed E-state index contributed by atoms with van der Waals surface area (Å²) in [5.41, 5.74) is 0. The van der Waals surface area contributed by atoms with Crippen molar-refractivity contribution in [3.8, 4) is 0 Å². The summed E-state index contributed by atoms with van der Waals surface area (Å²) < 4.78 is 0. The van der Waals surface area contributed by atoms with Gasteiger partial charge in [0.25, 0.3) is 0 Å². The molecular weight excluding hydrogens is 138 g/mol. The third-order valence-electron chi connectivity index (χ3n) is 0.693. The summed E-state index contributed by atoms with van der Waals surface area (Å²) in [6.45, 7) is 0.364. The molecule has 0 radical (unpaired) electrons. The smallest absolute Gasteiger partial charge is 0.229 e. The van der Waals surface area contributed by atoms with E-state index in [1.165, 1.54) is 0 Å². The highest BCUT2D eigenvalue weighted by Crippen LogP contribution is 1.73. The van der Waals surface area contributed by atoms with Crippen LogP contribution in [0.1, 0.15) is 6.42 Å². The van der Waals surface area contributed by atoms with E-state index in [4.69, 9.17) is 0 Å². The van der Waals surface area contributed by atoms with Crippen LogP contribution in [0.5, 0.6) is 0 Å². The second-order valence-electron chi connectivity index (χ2n) is 1.40. The van der Waals surface area contributed by atoms with Crippen LogP contribution < -0.4 is 5.32 Å². The van der Waals surface area contributed by atoms with Gasteiger partial charge in [-0.25, -0.2) is 0 Å². The van der Waals surface area contributed by atoms with Crippen LogP contribution in [0.15, 0.2) is 0 Å². The van der Waals surface area contributed by atoms with Crippen molar-refractivity contribution in [2.24, 2.45) is 0 Å². The van der Waals surface area contributed by atoms with Gasteiger partial charge in [0.1, 0.15) is 0 Å². The first-order chi connectivity index (χ1) is 4.31. The summed E-state index contributed by atoms with van der Waals surface area (Å²) in [6.07, 6.45) is 1.91. The third-order valence-corrected chi connectivity index (χ3v) is 0.980. The Balaban J connectivity index is 3.06. The minimum absolute atomic E-state index is 0.159. The molecule has 0 aromatic carbocycles. The Bertz CT molecular complexity index is 105. The maximum absolute atomic E-state index is 10.4. The number of rotatable bonds is 4. The van der Waals surface area contributed by atoms with Crippen LogP contribution >= 0.6 is 12.6 Å². The molecule has 1 N–H and O–H groups in total. The highest BCUT2D eigenvalue weighted by atomic mass is 32.1. The lowest BCUT2D eigenvalue weighted by Gasteiger charge is -2.01. The number of nitrogens with one attached hydrogen (secondary N) is 1. The Morgan fingerprint density at radius 3 is 2.78 bits per heavy atom. The van der Waals surface area contributed by atoms with Crippen LogP contribution in [0.4, 0.5) is 0 Å². The zero-order valence-corrected chi connectivity index (χ0v) is 5.78. The number of amides is 1. The lowest BCUT2D eigenvalue weighted by Crippen LogP contribution is -2.25. The SMILES string of the molecule is O=[C-]CCNC(=O)CS. The molecule has 0 saturated carbocycles. The maximum Gasteiger partial charge on any atom is 0.229 e. The van der Waals surface area contributed by atoms with Crippen LogP contribution in [-0.2, 0) is 9.59 Å². The predicted molar refractivity (Wildman–Crippen MR) is 37.2 cm³/mol. The van der Waals surface area contributed by atoms with E-state index < -0.39 is 0 Å². The van der Waals surface area contributed by atoms with Gasteiger partial charge in [0.05, 0.1) is 5.75 Å². The van der Waals surface area contributed by atoms with E-state index in [-0.39, 0.29) is 18.1 Å². The second-order valence-corrected chi connectivity index (χ2v) is 1.72. The minimum Gasteiger partial charge on any atom is -0.542 e. The lowest BCUT2D eigenvalue weighted by molar-refractivity contribution is -0.118. The number of carbonyl (C=O) groups excluding carboxylic acids is 2. The molecule has 0 atom stereocenters. The van der Waals surface area contributed by atoms with E-state index in [0.29, 0.717) is 6.54 Å². The monoisotopic (exact) mass is 146 g/mol. The first kappa shape index (κ1) is 8.49. The number of hydrogen-bond donors (Lipinski definition) is 2. The van der Waals surface area contributed by atoms with Crippen LogP contribution in [0.2, 0.25) is 0 Å². The Morgan fingerprint density at radius 1 is 1.67 bits per heavy atom. The number of hydrogen-bond acceptors (Lipinski definition) is 3. The van der Waals surface area contributed by atoms with Crippen molar-refractivity contribution in [2.75, 3.05) is 12.3 Å². The van der Waals surface area contributed by atoms with E-state index in [0.717, 1.165) is 0 Å². The molecule has 1 amide bonds. The normalized spacial score (nSPS) is 8.56. The average molecular weight is 146 g/mol. The molecule has 0 spiro atoms. The Kier molecular flexibility index (Phi) is 5.30. The van der Waals surface area contributed by atoms with Crippen LogP contribution in [0.25, 0.3) is 0 Å². The standard InChI is InChI=1S/C5H8NO2S/c7-3-1-2-6-5(8)4-9/h9H,1-2,4H2,(H,6,8)/q-1. The fraction of sp³-hybridized carbons (Fsp3) is 0.600. The van der Waals surface area contributed by atoms with Crippen LogP contribution in [-0.4, -0.2) is 24.5 Å². The summed E-state index contributed by atoms with van der Waals surface area (Å²) in [6, 6.07) is 0. The molecule has 0 rings (SSSR count). The molecule has 0 unspecified atom stereocenters. The van der Waals surface area contributed by atoms with Gasteiger partial charge in [0.15, 0.2) is 0 Å². The fourth-order valence-corrected chi connectivity index (χ4v) is 0.421. The molecule has 0 fully saturated rings. The molecular formula is C5H8NO2S-. The van der Waals surface area contributed by atoms with Crippen molar-refractivity contribution < 1.29 is 9.59 Å². The molecule has 4 heteroatoms. The molecule has 3 nitrogen and oxygen atoms in total. The van der Waals surface area contributed by atoms with Gasteiger partial charge in [-0.1, -0.05) is 0 Å². The van der Waals surface area contributed by atoms with Crippen molar-refractivity contribution >= 4 is 24.8 Å². The van der Waals surface area contributed by atoms with Gasteiger partial charge < -0.3 is 10.1 Å². The molecule has 0 aliphatic rings. The van der Waals surface area contributed by atoms with Gasteiger partial charge in [0.2, 0.25) is 5.91 Å². The minimum atomic E-state index is -0.159. The van der Waals surface area contributed by atoms with Crippen molar-refractivity contribution in [1.29, 1.82) is 0 Å². The molecule has 0 saturated heterocycles. The summed E-state index contributed by atoms with van der Waals surface area (Å²) in [7, 11) is 0.